The van der Waals surface area contributed by atoms with Crippen molar-refractivity contribution in [3.05, 3.63) is 58.0 Å². The molecule has 0 bridgehead atoms. The van der Waals surface area contributed by atoms with E-state index >= 15 is 0 Å². The van der Waals surface area contributed by atoms with Crippen LogP contribution in [-0.4, -0.2) is 32.3 Å². The molecule has 1 aliphatic rings. The van der Waals surface area contributed by atoms with E-state index in [1.807, 2.05) is 18.2 Å². The number of pyridine rings is 1. The number of aromatic nitrogens is 3. The number of nitrogens with zero attached hydrogens (tertiary/aromatic N) is 3. The van der Waals surface area contributed by atoms with E-state index in [1.54, 1.807) is 18.0 Å². The number of hydrogen-bond acceptors (Lipinski definition) is 4. The predicted octanol–water partition coefficient (Wildman–Crippen LogP) is 1.38. The molecule has 3 heterocycles. The summed E-state index contributed by atoms with van der Waals surface area (Å²) < 4.78 is 0. The summed E-state index contributed by atoms with van der Waals surface area (Å²) in [5.74, 6) is 0.599. The topological polar surface area (TPSA) is 79.0 Å². The number of amides is 1. The van der Waals surface area contributed by atoms with Crippen LogP contribution in [0, 0.1) is 6.92 Å². The molecule has 22 heavy (non-hydrogen) atoms. The lowest BCUT2D eigenvalue weighted by Crippen LogP contribution is -2.33. The first-order chi connectivity index (χ1) is 10.6. The van der Waals surface area contributed by atoms with Crippen LogP contribution >= 0.6 is 0 Å². The smallest absolute Gasteiger partial charge is 0.251 e. The lowest BCUT2D eigenvalue weighted by Gasteiger charge is -2.24. The number of aromatic amines is 1. The molecule has 2 aromatic heterocycles. The SMILES string of the molecule is Cc1cc(=O)[nH]c(C2CCCN2C(=O)Cc2ccccn2)n1. The fourth-order valence-electron chi connectivity index (χ4n) is 2.87. The van der Waals surface area contributed by atoms with E-state index in [9.17, 15) is 9.59 Å². The highest BCUT2D eigenvalue weighted by Crippen LogP contribution is 2.29. The van der Waals surface area contributed by atoms with Crippen LogP contribution in [0.25, 0.3) is 0 Å². The minimum atomic E-state index is -0.175. The Morgan fingerprint density at radius 2 is 2.32 bits per heavy atom. The third-order valence-corrected chi connectivity index (χ3v) is 3.84. The van der Waals surface area contributed by atoms with Crippen molar-refractivity contribution in [1.29, 1.82) is 0 Å². The lowest BCUT2D eigenvalue weighted by molar-refractivity contribution is -0.131. The van der Waals surface area contributed by atoms with Crippen LogP contribution in [0.1, 0.15) is 36.1 Å². The van der Waals surface area contributed by atoms with Gasteiger partial charge >= 0.3 is 0 Å². The van der Waals surface area contributed by atoms with Crippen LogP contribution in [0.3, 0.4) is 0 Å². The minimum Gasteiger partial charge on any atom is -0.332 e. The Labute approximate surface area is 128 Å². The van der Waals surface area contributed by atoms with Gasteiger partial charge in [0.05, 0.1) is 12.5 Å². The van der Waals surface area contributed by atoms with Crippen molar-refractivity contribution in [2.75, 3.05) is 6.54 Å². The summed E-state index contributed by atoms with van der Waals surface area (Å²) in [5.41, 5.74) is 1.25. The monoisotopic (exact) mass is 298 g/mol. The first kappa shape index (κ1) is 14.4. The largest absolute Gasteiger partial charge is 0.332 e. The molecule has 0 aliphatic carbocycles. The van der Waals surface area contributed by atoms with Crippen LogP contribution in [0.2, 0.25) is 0 Å². The summed E-state index contributed by atoms with van der Waals surface area (Å²) >= 11 is 0. The fraction of sp³-hybridized carbons (Fsp3) is 0.375. The number of likely N-dealkylation sites (tertiary alicyclic amines) is 1. The Morgan fingerprint density at radius 3 is 3.05 bits per heavy atom. The molecule has 0 saturated carbocycles. The quantitative estimate of drug-likeness (QED) is 0.928. The fourth-order valence-corrected chi connectivity index (χ4v) is 2.87. The number of carbonyl (C=O) groups is 1. The molecule has 1 fully saturated rings. The van der Waals surface area contributed by atoms with E-state index in [4.69, 9.17) is 0 Å². The number of rotatable bonds is 3. The molecule has 6 nitrogen and oxygen atoms in total. The molecule has 1 amide bonds. The Morgan fingerprint density at radius 1 is 1.45 bits per heavy atom. The highest BCUT2D eigenvalue weighted by Gasteiger charge is 2.31. The average Bonchev–Trinajstić information content (AvgIpc) is 2.97. The number of nitrogens with one attached hydrogen (secondary N) is 1. The van der Waals surface area contributed by atoms with Gasteiger partial charge in [0.15, 0.2) is 0 Å². The van der Waals surface area contributed by atoms with Gasteiger partial charge in [-0.25, -0.2) is 4.98 Å². The normalized spacial score (nSPS) is 17.7. The van der Waals surface area contributed by atoms with Gasteiger partial charge in [0.1, 0.15) is 5.82 Å². The van der Waals surface area contributed by atoms with E-state index in [0.717, 1.165) is 18.5 Å². The molecule has 3 rings (SSSR count). The average molecular weight is 298 g/mol. The Kier molecular flexibility index (Phi) is 4.00. The van der Waals surface area contributed by atoms with E-state index < -0.39 is 0 Å². The predicted molar refractivity (Wildman–Crippen MR) is 81.2 cm³/mol. The Balaban J connectivity index is 1.80. The molecule has 1 saturated heterocycles. The maximum absolute atomic E-state index is 12.5. The van der Waals surface area contributed by atoms with Crippen molar-refractivity contribution in [2.45, 2.75) is 32.2 Å². The van der Waals surface area contributed by atoms with Gasteiger partial charge in [-0.15, -0.1) is 0 Å². The van der Waals surface area contributed by atoms with Gasteiger partial charge in [-0.3, -0.25) is 14.6 Å². The van der Waals surface area contributed by atoms with Gasteiger partial charge in [-0.1, -0.05) is 6.07 Å². The Hall–Kier alpha value is -2.50. The van der Waals surface area contributed by atoms with Gasteiger partial charge in [0.2, 0.25) is 5.91 Å². The lowest BCUT2D eigenvalue weighted by atomic mass is 10.2. The second-order valence-corrected chi connectivity index (χ2v) is 5.52. The van der Waals surface area contributed by atoms with Crippen molar-refractivity contribution >= 4 is 5.91 Å². The van der Waals surface area contributed by atoms with Crippen LogP contribution in [0.4, 0.5) is 0 Å². The Bertz CT molecular complexity index is 726. The highest BCUT2D eigenvalue weighted by atomic mass is 16.2. The van der Waals surface area contributed by atoms with Crippen molar-refractivity contribution < 1.29 is 4.79 Å². The summed E-state index contributed by atoms with van der Waals surface area (Å²) in [5, 5.41) is 0. The molecule has 2 aromatic rings. The standard InChI is InChI=1S/C16H18N4O2/c1-11-9-14(21)19-16(18-11)13-6-4-8-20(13)15(22)10-12-5-2-3-7-17-12/h2-3,5,7,9,13H,4,6,8,10H2,1H3,(H,18,19,21). The van der Waals surface area contributed by atoms with Gasteiger partial charge < -0.3 is 9.88 Å². The summed E-state index contributed by atoms with van der Waals surface area (Å²) in [6, 6.07) is 6.85. The van der Waals surface area contributed by atoms with E-state index in [1.165, 1.54) is 6.07 Å². The molecule has 1 atom stereocenters. The maximum Gasteiger partial charge on any atom is 0.251 e. The van der Waals surface area contributed by atoms with Gasteiger partial charge in [0, 0.05) is 30.2 Å². The molecular formula is C16H18N4O2. The molecular weight excluding hydrogens is 280 g/mol. The second-order valence-electron chi connectivity index (χ2n) is 5.52. The molecule has 1 aliphatic heterocycles. The highest BCUT2D eigenvalue weighted by molar-refractivity contribution is 5.79. The summed E-state index contributed by atoms with van der Waals surface area (Å²) in [7, 11) is 0. The second kappa shape index (κ2) is 6.09. The van der Waals surface area contributed by atoms with Gasteiger partial charge in [0.25, 0.3) is 5.56 Å². The van der Waals surface area contributed by atoms with E-state index in [2.05, 4.69) is 15.0 Å². The molecule has 6 heteroatoms. The molecule has 1 N–H and O–H groups in total. The third-order valence-electron chi connectivity index (χ3n) is 3.84. The number of carbonyl (C=O) groups excluding carboxylic acids is 1. The van der Waals surface area contributed by atoms with Gasteiger partial charge in [-0.05, 0) is 31.9 Å². The summed E-state index contributed by atoms with van der Waals surface area (Å²) in [6.07, 6.45) is 3.69. The van der Waals surface area contributed by atoms with Crippen LogP contribution in [0.15, 0.2) is 35.3 Å². The van der Waals surface area contributed by atoms with Crippen LogP contribution in [-0.2, 0) is 11.2 Å². The maximum atomic E-state index is 12.5. The molecule has 0 aromatic carbocycles. The molecule has 114 valence electrons. The molecule has 1 unspecified atom stereocenters. The van der Waals surface area contributed by atoms with Crippen LogP contribution in [0.5, 0.6) is 0 Å². The molecule has 0 spiro atoms. The number of H-pyrrole nitrogens is 1. The first-order valence-electron chi connectivity index (χ1n) is 7.41. The van der Waals surface area contributed by atoms with Gasteiger partial charge in [-0.2, -0.15) is 0 Å². The zero-order valence-corrected chi connectivity index (χ0v) is 12.5. The van der Waals surface area contributed by atoms with E-state index in [-0.39, 0.29) is 23.9 Å². The minimum absolute atomic E-state index is 0.0188. The number of aryl methyl sites for hydroxylation is 1. The zero-order valence-electron chi connectivity index (χ0n) is 12.5. The first-order valence-corrected chi connectivity index (χ1v) is 7.41. The third kappa shape index (κ3) is 3.05. The zero-order chi connectivity index (χ0) is 15.5. The van der Waals surface area contributed by atoms with E-state index in [0.29, 0.717) is 18.1 Å². The van der Waals surface area contributed by atoms with Crippen molar-refractivity contribution in [2.24, 2.45) is 0 Å². The van der Waals surface area contributed by atoms with Crippen molar-refractivity contribution in [1.82, 2.24) is 19.9 Å². The summed E-state index contributed by atoms with van der Waals surface area (Å²) in [4.78, 5) is 37.3. The summed E-state index contributed by atoms with van der Waals surface area (Å²) in [6.45, 7) is 2.47. The number of hydrogen-bond donors (Lipinski definition) is 1. The van der Waals surface area contributed by atoms with Crippen LogP contribution < -0.4 is 5.56 Å². The van der Waals surface area contributed by atoms with Crippen molar-refractivity contribution in [3.8, 4) is 0 Å². The molecule has 0 radical (unpaired) electrons. The van der Waals surface area contributed by atoms with Crippen molar-refractivity contribution in [3.63, 3.8) is 0 Å².